The minimum atomic E-state index is -0.0525. The Hall–Kier alpha value is -1.75. The monoisotopic (exact) mass is 547 g/mol. The Morgan fingerprint density at radius 3 is 2.52 bits per heavy atom. The molecule has 1 heterocycles. The smallest absolute Gasteiger partial charge is 0.234 e. The minimum Gasteiger partial charge on any atom is -0.493 e. The van der Waals surface area contributed by atoms with Gasteiger partial charge in [0.15, 0.2) is 17.5 Å². The number of amides is 1. The van der Waals surface area contributed by atoms with E-state index in [1.165, 1.54) is 0 Å². The summed E-state index contributed by atoms with van der Waals surface area (Å²) in [5, 5.41) is 9.76. The fourth-order valence-corrected chi connectivity index (χ4v) is 3.36. The van der Waals surface area contributed by atoms with Crippen molar-refractivity contribution in [1.29, 1.82) is 0 Å². The fraction of sp³-hybridized carbons (Fsp3) is 0.636. The number of likely N-dealkylation sites (tertiary alicyclic amines) is 1. The molecule has 1 aliphatic heterocycles. The highest BCUT2D eigenvalue weighted by Gasteiger charge is 2.21. The zero-order chi connectivity index (χ0) is 21.8. The van der Waals surface area contributed by atoms with Crippen molar-refractivity contribution in [3.63, 3.8) is 0 Å². The minimum absolute atomic E-state index is 0. The zero-order valence-corrected chi connectivity index (χ0v) is 21.5. The quantitative estimate of drug-likeness (QED) is 0.237. The molecular formula is C22H38IN5O3. The van der Waals surface area contributed by atoms with Gasteiger partial charge in [0, 0.05) is 32.7 Å². The standard InChI is InChI=1S/C22H37N5O3.HI/c1-5-12-24-21(28)16-27-13-10-18(11-14-27)26-22(23-3)25-15-17(2)30-20-9-7-6-8-19(20)29-4;/h6-9,17-18H,5,10-16H2,1-4H3,(H,24,28)(H2,23,25,26);1H. The maximum Gasteiger partial charge on any atom is 0.234 e. The maximum atomic E-state index is 11.9. The van der Waals surface area contributed by atoms with Crippen LogP contribution in [0.1, 0.15) is 33.1 Å². The SMILES string of the molecule is CCCNC(=O)CN1CCC(NC(=NC)NCC(C)Oc2ccccc2OC)CC1.I. The van der Waals surface area contributed by atoms with Crippen molar-refractivity contribution in [2.45, 2.75) is 45.3 Å². The van der Waals surface area contributed by atoms with Crippen molar-refractivity contribution < 1.29 is 14.3 Å². The summed E-state index contributed by atoms with van der Waals surface area (Å²) >= 11 is 0. The Kier molecular flexibility index (Phi) is 13.3. The summed E-state index contributed by atoms with van der Waals surface area (Å²) in [5.41, 5.74) is 0. The fourth-order valence-electron chi connectivity index (χ4n) is 3.36. The van der Waals surface area contributed by atoms with Gasteiger partial charge in [0.1, 0.15) is 6.10 Å². The maximum absolute atomic E-state index is 11.9. The lowest BCUT2D eigenvalue weighted by molar-refractivity contribution is -0.122. The molecule has 1 saturated heterocycles. The predicted molar refractivity (Wildman–Crippen MR) is 136 cm³/mol. The van der Waals surface area contributed by atoms with Gasteiger partial charge >= 0.3 is 0 Å². The highest BCUT2D eigenvalue weighted by Crippen LogP contribution is 2.26. The van der Waals surface area contributed by atoms with E-state index < -0.39 is 0 Å². The molecule has 9 heteroatoms. The number of para-hydroxylation sites is 2. The van der Waals surface area contributed by atoms with Gasteiger partial charge in [-0.15, -0.1) is 24.0 Å². The molecular weight excluding hydrogens is 509 g/mol. The van der Waals surface area contributed by atoms with Crippen LogP contribution in [0.4, 0.5) is 0 Å². The summed E-state index contributed by atoms with van der Waals surface area (Å²) in [7, 11) is 3.41. The van der Waals surface area contributed by atoms with Gasteiger partial charge in [0.2, 0.25) is 5.91 Å². The largest absolute Gasteiger partial charge is 0.493 e. The third-order valence-corrected chi connectivity index (χ3v) is 5.05. The molecule has 0 radical (unpaired) electrons. The summed E-state index contributed by atoms with van der Waals surface area (Å²) in [5.74, 6) is 2.34. The Labute approximate surface area is 203 Å². The third kappa shape index (κ3) is 9.94. The number of carbonyl (C=O) groups is 1. The van der Waals surface area contributed by atoms with Gasteiger partial charge in [-0.05, 0) is 38.3 Å². The number of hydrogen-bond donors (Lipinski definition) is 3. The number of methoxy groups -OCH3 is 1. The average Bonchev–Trinajstić information content (AvgIpc) is 2.76. The van der Waals surface area contributed by atoms with E-state index in [1.54, 1.807) is 14.2 Å². The van der Waals surface area contributed by atoms with Crippen molar-refractivity contribution in [2.24, 2.45) is 4.99 Å². The van der Waals surface area contributed by atoms with Crippen LogP contribution in [0.25, 0.3) is 0 Å². The lowest BCUT2D eigenvalue weighted by atomic mass is 10.1. The molecule has 176 valence electrons. The van der Waals surface area contributed by atoms with E-state index in [2.05, 4.69) is 32.8 Å². The van der Waals surface area contributed by atoms with Crippen LogP contribution < -0.4 is 25.4 Å². The van der Waals surface area contributed by atoms with Gasteiger partial charge in [-0.3, -0.25) is 14.7 Å². The zero-order valence-electron chi connectivity index (χ0n) is 19.1. The molecule has 1 atom stereocenters. The number of carbonyl (C=O) groups excluding carboxylic acids is 1. The normalized spacial score (nSPS) is 16.1. The Bertz CT molecular complexity index is 681. The molecule has 1 unspecified atom stereocenters. The molecule has 1 aromatic rings. The van der Waals surface area contributed by atoms with E-state index in [-0.39, 0.29) is 36.0 Å². The third-order valence-electron chi connectivity index (χ3n) is 5.05. The second kappa shape index (κ2) is 15.1. The van der Waals surface area contributed by atoms with Gasteiger partial charge in [-0.1, -0.05) is 19.1 Å². The van der Waals surface area contributed by atoms with Gasteiger partial charge in [-0.2, -0.15) is 0 Å². The van der Waals surface area contributed by atoms with Crippen molar-refractivity contribution in [3.05, 3.63) is 24.3 Å². The van der Waals surface area contributed by atoms with Crippen LogP contribution in [0.15, 0.2) is 29.3 Å². The summed E-state index contributed by atoms with van der Waals surface area (Å²) in [6, 6.07) is 7.98. The number of aliphatic imine (C=N–C) groups is 1. The predicted octanol–water partition coefficient (Wildman–Crippen LogP) is 2.24. The number of guanidine groups is 1. The van der Waals surface area contributed by atoms with Crippen LogP contribution in [0.5, 0.6) is 11.5 Å². The molecule has 8 nitrogen and oxygen atoms in total. The Morgan fingerprint density at radius 2 is 1.90 bits per heavy atom. The Morgan fingerprint density at radius 1 is 1.23 bits per heavy atom. The van der Waals surface area contributed by atoms with Crippen LogP contribution in [0.2, 0.25) is 0 Å². The average molecular weight is 547 g/mol. The van der Waals surface area contributed by atoms with Crippen LogP contribution in [0, 0.1) is 0 Å². The number of nitrogens with one attached hydrogen (secondary N) is 3. The van der Waals surface area contributed by atoms with Gasteiger partial charge in [-0.25, -0.2) is 0 Å². The molecule has 1 fully saturated rings. The topological polar surface area (TPSA) is 87.2 Å². The van der Waals surface area contributed by atoms with Gasteiger partial charge < -0.3 is 25.4 Å². The molecule has 1 amide bonds. The summed E-state index contributed by atoms with van der Waals surface area (Å²) in [6.07, 6.45) is 2.87. The highest BCUT2D eigenvalue weighted by molar-refractivity contribution is 14.0. The summed E-state index contributed by atoms with van der Waals surface area (Å²) in [6.45, 7) is 7.73. The first-order valence-electron chi connectivity index (χ1n) is 10.8. The van der Waals surface area contributed by atoms with Crippen LogP contribution in [-0.4, -0.2) is 75.8 Å². The molecule has 0 aromatic heterocycles. The van der Waals surface area contributed by atoms with Crippen molar-refractivity contribution >= 4 is 35.8 Å². The first kappa shape index (κ1) is 27.3. The summed E-state index contributed by atoms with van der Waals surface area (Å²) < 4.78 is 11.3. The number of benzene rings is 1. The second-order valence-corrected chi connectivity index (χ2v) is 7.58. The van der Waals surface area contributed by atoms with E-state index in [0.717, 1.165) is 56.4 Å². The first-order valence-corrected chi connectivity index (χ1v) is 10.8. The van der Waals surface area contributed by atoms with E-state index in [0.29, 0.717) is 19.1 Å². The number of halogens is 1. The number of hydrogen-bond acceptors (Lipinski definition) is 5. The lowest BCUT2D eigenvalue weighted by Gasteiger charge is -2.32. The van der Waals surface area contributed by atoms with Crippen molar-refractivity contribution in [1.82, 2.24) is 20.9 Å². The molecule has 1 aliphatic rings. The molecule has 3 N–H and O–H groups in total. The van der Waals surface area contributed by atoms with Crippen LogP contribution >= 0.6 is 24.0 Å². The molecule has 0 saturated carbocycles. The molecule has 2 rings (SSSR count). The van der Waals surface area contributed by atoms with Crippen LogP contribution in [0.3, 0.4) is 0 Å². The molecule has 0 aliphatic carbocycles. The van der Waals surface area contributed by atoms with Crippen molar-refractivity contribution in [3.8, 4) is 11.5 Å². The molecule has 0 spiro atoms. The van der Waals surface area contributed by atoms with Crippen LogP contribution in [-0.2, 0) is 4.79 Å². The number of piperidine rings is 1. The highest BCUT2D eigenvalue weighted by atomic mass is 127. The number of rotatable bonds is 10. The Balaban J connectivity index is 0.00000480. The van der Waals surface area contributed by atoms with E-state index >= 15 is 0 Å². The van der Waals surface area contributed by atoms with Crippen molar-refractivity contribution in [2.75, 3.05) is 46.9 Å². The van der Waals surface area contributed by atoms with Gasteiger partial charge in [0.05, 0.1) is 20.2 Å². The lowest BCUT2D eigenvalue weighted by Crippen LogP contribution is -2.51. The van der Waals surface area contributed by atoms with E-state index in [1.807, 2.05) is 31.2 Å². The van der Waals surface area contributed by atoms with E-state index in [9.17, 15) is 4.79 Å². The summed E-state index contributed by atoms with van der Waals surface area (Å²) in [4.78, 5) is 18.4. The second-order valence-electron chi connectivity index (χ2n) is 7.58. The number of nitrogens with zero attached hydrogens (tertiary/aromatic N) is 2. The van der Waals surface area contributed by atoms with E-state index in [4.69, 9.17) is 9.47 Å². The molecule has 1 aromatic carbocycles. The first-order chi connectivity index (χ1) is 14.5. The van der Waals surface area contributed by atoms with Gasteiger partial charge in [0.25, 0.3) is 0 Å². The number of ether oxygens (including phenoxy) is 2. The molecule has 0 bridgehead atoms. The molecule has 31 heavy (non-hydrogen) atoms.